The van der Waals surface area contributed by atoms with E-state index < -0.39 is 11.2 Å². The molecule has 3 rings (SSSR count). The van der Waals surface area contributed by atoms with E-state index in [0.717, 1.165) is 11.3 Å². The second kappa shape index (κ2) is 8.03. The van der Waals surface area contributed by atoms with Crippen molar-refractivity contribution in [3.8, 4) is 5.69 Å². The number of aromatic amines is 1. The molecule has 0 spiro atoms. The zero-order valence-corrected chi connectivity index (χ0v) is 15.5. The largest absolute Gasteiger partial charge is 0.349 e. The van der Waals surface area contributed by atoms with Crippen molar-refractivity contribution in [2.24, 2.45) is 0 Å². The first-order chi connectivity index (χ1) is 13.3. The molecule has 3 aromatic rings. The molecule has 1 unspecified atom stereocenters. The van der Waals surface area contributed by atoms with Crippen LogP contribution in [0.2, 0.25) is 0 Å². The van der Waals surface area contributed by atoms with Gasteiger partial charge in [-0.15, -0.1) is 0 Å². The maximum atomic E-state index is 13.5. The van der Waals surface area contributed by atoms with Crippen LogP contribution in [0.5, 0.6) is 0 Å². The minimum Gasteiger partial charge on any atom is -0.349 e. The second-order valence-corrected chi connectivity index (χ2v) is 6.42. The van der Waals surface area contributed by atoms with Crippen LogP contribution in [-0.4, -0.2) is 25.2 Å². The lowest BCUT2D eigenvalue weighted by Gasteiger charge is -2.14. The number of aryl methyl sites for hydroxylation is 1. The number of hydrogen-bond acceptors (Lipinski definition) is 4. The highest BCUT2D eigenvalue weighted by Gasteiger charge is 2.16. The number of amides is 1. The molecule has 146 valence electrons. The highest BCUT2D eigenvalue weighted by molar-refractivity contribution is 5.76. The summed E-state index contributed by atoms with van der Waals surface area (Å²) in [7, 11) is 0. The fourth-order valence-corrected chi connectivity index (χ4v) is 2.95. The highest BCUT2D eigenvalue weighted by atomic mass is 19.1. The van der Waals surface area contributed by atoms with E-state index in [1.165, 1.54) is 29.0 Å². The molecule has 0 fully saturated rings. The number of hydrogen-bond donors (Lipinski definition) is 2. The third kappa shape index (κ3) is 4.25. The molecule has 1 atom stereocenters. The summed E-state index contributed by atoms with van der Waals surface area (Å²) in [4.78, 5) is 37.1. The molecule has 1 aromatic carbocycles. The van der Waals surface area contributed by atoms with Crippen LogP contribution in [-0.2, 0) is 11.3 Å². The van der Waals surface area contributed by atoms with Crippen LogP contribution >= 0.6 is 0 Å². The SMILES string of the molecule is Cc1c(C(C)NC(=O)CCn2ccc(=O)[nH]c2=O)cnn1-c1cccc(F)c1. The topological polar surface area (TPSA) is 102 Å². The monoisotopic (exact) mass is 385 g/mol. The molecule has 1 amide bonds. The van der Waals surface area contributed by atoms with Gasteiger partial charge in [-0.25, -0.2) is 13.9 Å². The lowest BCUT2D eigenvalue weighted by Crippen LogP contribution is -2.32. The Balaban J connectivity index is 1.66. The van der Waals surface area contributed by atoms with Gasteiger partial charge >= 0.3 is 5.69 Å². The number of nitrogens with zero attached hydrogens (tertiary/aromatic N) is 3. The Hall–Kier alpha value is -3.49. The quantitative estimate of drug-likeness (QED) is 0.670. The lowest BCUT2D eigenvalue weighted by atomic mass is 10.1. The van der Waals surface area contributed by atoms with E-state index in [9.17, 15) is 18.8 Å². The molecule has 8 nitrogen and oxygen atoms in total. The summed E-state index contributed by atoms with van der Waals surface area (Å²) in [5.41, 5.74) is 1.15. The minimum absolute atomic E-state index is 0.0768. The Labute approximate surface area is 159 Å². The van der Waals surface area contributed by atoms with Crippen molar-refractivity contribution in [3.05, 3.63) is 80.6 Å². The number of nitrogens with one attached hydrogen (secondary N) is 2. The zero-order valence-electron chi connectivity index (χ0n) is 15.5. The van der Waals surface area contributed by atoms with Gasteiger partial charge in [0.05, 0.1) is 17.9 Å². The zero-order chi connectivity index (χ0) is 20.3. The molecule has 2 heterocycles. The van der Waals surface area contributed by atoms with E-state index in [1.54, 1.807) is 23.0 Å². The van der Waals surface area contributed by atoms with Crippen molar-refractivity contribution in [1.29, 1.82) is 0 Å². The lowest BCUT2D eigenvalue weighted by molar-refractivity contribution is -0.121. The average Bonchev–Trinajstić information content (AvgIpc) is 3.02. The fourth-order valence-electron chi connectivity index (χ4n) is 2.95. The molecule has 0 saturated heterocycles. The Kier molecular flexibility index (Phi) is 5.53. The molecule has 0 saturated carbocycles. The van der Waals surface area contributed by atoms with Crippen LogP contribution in [0.4, 0.5) is 4.39 Å². The molecular formula is C19H20FN5O3. The first-order valence-corrected chi connectivity index (χ1v) is 8.75. The van der Waals surface area contributed by atoms with Gasteiger partial charge in [-0.3, -0.25) is 14.6 Å². The van der Waals surface area contributed by atoms with Crippen LogP contribution < -0.4 is 16.6 Å². The number of halogens is 1. The van der Waals surface area contributed by atoms with Gasteiger partial charge in [-0.1, -0.05) is 6.07 Å². The van der Waals surface area contributed by atoms with Crippen LogP contribution in [0, 0.1) is 12.7 Å². The van der Waals surface area contributed by atoms with Crippen molar-refractivity contribution >= 4 is 5.91 Å². The molecule has 2 aromatic heterocycles. The summed E-state index contributed by atoms with van der Waals surface area (Å²) in [6, 6.07) is 7.01. The third-order valence-corrected chi connectivity index (χ3v) is 4.42. The van der Waals surface area contributed by atoms with Gasteiger partial charge < -0.3 is 9.88 Å². The van der Waals surface area contributed by atoms with Gasteiger partial charge in [0.1, 0.15) is 5.82 Å². The molecular weight excluding hydrogens is 365 g/mol. The van der Waals surface area contributed by atoms with Crippen LogP contribution in [0.1, 0.15) is 30.6 Å². The predicted octanol–water partition coefficient (Wildman–Crippen LogP) is 1.44. The third-order valence-electron chi connectivity index (χ3n) is 4.42. The minimum atomic E-state index is -0.555. The normalized spacial score (nSPS) is 12.0. The first-order valence-electron chi connectivity index (χ1n) is 8.75. The smallest absolute Gasteiger partial charge is 0.328 e. The Morgan fingerprint density at radius 1 is 1.32 bits per heavy atom. The van der Waals surface area contributed by atoms with Gasteiger partial charge in [-0.05, 0) is 32.0 Å². The summed E-state index contributed by atoms with van der Waals surface area (Å²) in [6.07, 6.45) is 3.07. The van der Waals surface area contributed by atoms with Crippen molar-refractivity contribution < 1.29 is 9.18 Å². The van der Waals surface area contributed by atoms with E-state index in [4.69, 9.17) is 0 Å². The number of benzene rings is 1. The van der Waals surface area contributed by atoms with Gasteiger partial charge in [-0.2, -0.15) is 5.10 Å². The molecule has 0 aliphatic heterocycles. The molecule has 2 N–H and O–H groups in total. The number of carbonyl (C=O) groups is 1. The van der Waals surface area contributed by atoms with E-state index in [-0.39, 0.29) is 30.7 Å². The van der Waals surface area contributed by atoms with Crippen molar-refractivity contribution in [2.75, 3.05) is 0 Å². The van der Waals surface area contributed by atoms with Crippen molar-refractivity contribution in [3.63, 3.8) is 0 Å². The number of aromatic nitrogens is 4. The molecule has 28 heavy (non-hydrogen) atoms. The van der Waals surface area contributed by atoms with Crippen molar-refractivity contribution in [1.82, 2.24) is 24.6 Å². The summed E-state index contributed by atoms with van der Waals surface area (Å²) < 4.78 is 16.3. The van der Waals surface area contributed by atoms with Gasteiger partial charge in [0.15, 0.2) is 0 Å². The maximum absolute atomic E-state index is 13.5. The van der Waals surface area contributed by atoms with E-state index in [0.29, 0.717) is 5.69 Å². The maximum Gasteiger partial charge on any atom is 0.328 e. The molecule has 0 radical (unpaired) electrons. The summed E-state index contributed by atoms with van der Waals surface area (Å²) in [5, 5.41) is 7.15. The van der Waals surface area contributed by atoms with E-state index in [2.05, 4.69) is 15.4 Å². The Morgan fingerprint density at radius 2 is 2.11 bits per heavy atom. The van der Waals surface area contributed by atoms with Gasteiger partial charge in [0.25, 0.3) is 5.56 Å². The van der Waals surface area contributed by atoms with Crippen LogP contribution in [0.15, 0.2) is 52.3 Å². The van der Waals surface area contributed by atoms with Crippen LogP contribution in [0.3, 0.4) is 0 Å². The molecule has 0 aliphatic rings. The van der Waals surface area contributed by atoms with Crippen LogP contribution in [0.25, 0.3) is 5.69 Å². The van der Waals surface area contributed by atoms with E-state index in [1.807, 2.05) is 13.8 Å². The summed E-state index contributed by atoms with van der Waals surface area (Å²) >= 11 is 0. The number of H-pyrrole nitrogens is 1. The number of rotatable bonds is 6. The standard InChI is InChI=1S/C19H20FN5O3/c1-12(22-17(26)6-8-24-9-7-18(27)23-19(24)28)16-11-21-25(13(16)2)15-5-3-4-14(20)10-15/h3-5,7,9-12H,6,8H2,1-2H3,(H,22,26)(H,23,27,28). The predicted molar refractivity (Wildman–Crippen MR) is 101 cm³/mol. The summed E-state index contributed by atoms with van der Waals surface area (Å²) in [6.45, 7) is 3.81. The Bertz CT molecular complexity index is 1110. The van der Waals surface area contributed by atoms with Gasteiger partial charge in [0.2, 0.25) is 5.91 Å². The van der Waals surface area contributed by atoms with E-state index >= 15 is 0 Å². The fraction of sp³-hybridized carbons (Fsp3) is 0.263. The second-order valence-electron chi connectivity index (χ2n) is 6.42. The van der Waals surface area contributed by atoms with Gasteiger partial charge in [0, 0.05) is 36.5 Å². The highest BCUT2D eigenvalue weighted by Crippen LogP contribution is 2.20. The number of carbonyl (C=O) groups excluding carboxylic acids is 1. The molecule has 0 bridgehead atoms. The average molecular weight is 385 g/mol. The first kappa shape index (κ1) is 19.3. The van der Waals surface area contributed by atoms with Crippen molar-refractivity contribution in [2.45, 2.75) is 32.9 Å². The molecule has 9 heteroatoms. The summed E-state index contributed by atoms with van der Waals surface area (Å²) in [5.74, 6) is -0.601. The Morgan fingerprint density at radius 3 is 2.82 bits per heavy atom. The molecule has 0 aliphatic carbocycles.